The third-order valence-corrected chi connectivity index (χ3v) is 3.82. The van der Waals surface area contributed by atoms with Crippen LogP contribution >= 0.6 is 0 Å². The summed E-state index contributed by atoms with van der Waals surface area (Å²) in [5.74, 6) is -1.33. The fraction of sp³-hybridized carbons (Fsp3) is 0.750. The van der Waals surface area contributed by atoms with E-state index in [0.717, 1.165) is 24.8 Å². The van der Waals surface area contributed by atoms with E-state index in [4.69, 9.17) is 5.26 Å². The summed E-state index contributed by atoms with van der Waals surface area (Å²) in [6.45, 7) is 0. The number of nitrogens with zero attached hydrogens (tertiary/aromatic N) is 1. The van der Waals surface area contributed by atoms with Gasteiger partial charge in [0.25, 0.3) is 0 Å². The second-order valence-corrected chi connectivity index (χ2v) is 4.78. The van der Waals surface area contributed by atoms with Crippen molar-refractivity contribution in [2.45, 2.75) is 44.7 Å². The summed E-state index contributed by atoms with van der Waals surface area (Å²) in [5.41, 5.74) is 0.194. The zero-order chi connectivity index (χ0) is 11.8. The topological polar surface area (TPSA) is 23.8 Å². The smallest absolute Gasteiger partial charge is 0.197 e. The maximum absolute atomic E-state index is 12.6. The minimum absolute atomic E-state index is 0.175. The zero-order valence-electron chi connectivity index (χ0n) is 8.98. The van der Waals surface area contributed by atoms with Gasteiger partial charge in [0.15, 0.2) is 0 Å². The van der Waals surface area contributed by atoms with Crippen molar-refractivity contribution in [1.82, 2.24) is 0 Å². The van der Waals surface area contributed by atoms with E-state index in [-0.39, 0.29) is 6.42 Å². The van der Waals surface area contributed by atoms with Gasteiger partial charge >= 0.3 is 6.18 Å². The Bertz CT molecular complexity index is 344. The minimum Gasteiger partial charge on any atom is -0.197 e. The average molecular weight is 229 g/mol. The highest BCUT2D eigenvalue weighted by Gasteiger charge is 2.45. The lowest BCUT2D eigenvalue weighted by molar-refractivity contribution is -0.164. The lowest BCUT2D eigenvalue weighted by Crippen LogP contribution is -2.33. The van der Waals surface area contributed by atoms with E-state index in [1.54, 1.807) is 0 Å². The molecule has 0 aliphatic heterocycles. The Kier molecular flexibility index (Phi) is 2.73. The van der Waals surface area contributed by atoms with Gasteiger partial charge in [0.1, 0.15) is 0 Å². The number of halogens is 3. The summed E-state index contributed by atoms with van der Waals surface area (Å²) in [7, 11) is 0. The molecule has 2 rings (SSSR count). The van der Waals surface area contributed by atoms with Crippen LogP contribution in [-0.2, 0) is 0 Å². The van der Waals surface area contributed by atoms with Gasteiger partial charge in [-0.15, -0.1) is 0 Å². The van der Waals surface area contributed by atoms with Gasteiger partial charge in [0, 0.05) is 0 Å². The van der Waals surface area contributed by atoms with Crippen LogP contribution in [0.1, 0.15) is 38.5 Å². The maximum Gasteiger partial charge on any atom is 0.395 e. The molecule has 2 aliphatic rings. The molecule has 1 nitrogen and oxygen atoms in total. The molecular weight excluding hydrogens is 215 g/mol. The molecule has 1 saturated carbocycles. The largest absolute Gasteiger partial charge is 0.395 e. The molecule has 0 heterocycles. The predicted octanol–water partition coefficient (Wildman–Crippen LogP) is 3.97. The van der Waals surface area contributed by atoms with Crippen molar-refractivity contribution in [2.24, 2.45) is 11.3 Å². The van der Waals surface area contributed by atoms with Gasteiger partial charge in [-0.1, -0.05) is 11.6 Å². The van der Waals surface area contributed by atoms with E-state index in [1.165, 1.54) is 6.08 Å². The van der Waals surface area contributed by atoms with Crippen molar-refractivity contribution in [3.63, 3.8) is 0 Å². The molecule has 1 fully saturated rings. The van der Waals surface area contributed by atoms with E-state index >= 15 is 0 Å². The van der Waals surface area contributed by atoms with Crippen molar-refractivity contribution < 1.29 is 13.2 Å². The molecule has 88 valence electrons. The van der Waals surface area contributed by atoms with Gasteiger partial charge in [0.05, 0.1) is 17.4 Å². The number of nitriles is 1. The highest BCUT2D eigenvalue weighted by molar-refractivity contribution is 5.29. The van der Waals surface area contributed by atoms with Crippen LogP contribution < -0.4 is 0 Å². The van der Waals surface area contributed by atoms with Gasteiger partial charge < -0.3 is 0 Å². The predicted molar refractivity (Wildman–Crippen MR) is 53.4 cm³/mol. The molecule has 0 aromatic heterocycles. The Morgan fingerprint density at radius 1 is 1.31 bits per heavy atom. The zero-order valence-corrected chi connectivity index (χ0v) is 8.98. The number of alkyl halides is 3. The highest BCUT2D eigenvalue weighted by atomic mass is 19.4. The van der Waals surface area contributed by atoms with Crippen LogP contribution in [0.25, 0.3) is 0 Å². The molecule has 0 bridgehead atoms. The average Bonchev–Trinajstić information content (AvgIpc) is 2.16. The Morgan fingerprint density at radius 2 is 2.00 bits per heavy atom. The normalized spacial score (nSPS) is 28.9. The van der Waals surface area contributed by atoms with Crippen LogP contribution in [0.4, 0.5) is 13.2 Å². The molecule has 0 amide bonds. The molecule has 2 aliphatic carbocycles. The Morgan fingerprint density at radius 3 is 2.44 bits per heavy atom. The van der Waals surface area contributed by atoms with Gasteiger partial charge in [0.2, 0.25) is 0 Å². The monoisotopic (exact) mass is 229 g/mol. The molecule has 0 aromatic rings. The second-order valence-electron chi connectivity index (χ2n) is 4.78. The quantitative estimate of drug-likeness (QED) is 0.624. The van der Waals surface area contributed by atoms with Crippen LogP contribution in [0.5, 0.6) is 0 Å². The van der Waals surface area contributed by atoms with Gasteiger partial charge in [-0.05, 0) is 38.5 Å². The maximum atomic E-state index is 12.6. The van der Waals surface area contributed by atoms with E-state index < -0.39 is 17.5 Å². The Hall–Kier alpha value is -0.980. The standard InChI is InChI=1S/C12H14F3N/c13-12(14,15)10-4-1-3-9(7-10)11(8-16)5-2-6-11/h7,10H,1-6H2/t10-/m1/s1. The summed E-state index contributed by atoms with van der Waals surface area (Å²) in [6, 6.07) is 2.22. The lowest BCUT2D eigenvalue weighted by atomic mass is 9.62. The van der Waals surface area contributed by atoms with Crippen LogP contribution in [0.3, 0.4) is 0 Å². The van der Waals surface area contributed by atoms with Crippen LogP contribution in [0.2, 0.25) is 0 Å². The molecular formula is C12H14F3N. The number of hydrogen-bond donors (Lipinski definition) is 0. The summed E-state index contributed by atoms with van der Waals surface area (Å²) in [6.07, 6.45) is 1.01. The van der Waals surface area contributed by atoms with Gasteiger partial charge in [-0.2, -0.15) is 18.4 Å². The highest BCUT2D eigenvalue weighted by Crippen LogP contribution is 2.51. The first-order valence-electron chi connectivity index (χ1n) is 5.67. The first-order valence-corrected chi connectivity index (χ1v) is 5.67. The summed E-state index contributed by atoms with van der Waals surface area (Å²) in [5, 5.41) is 9.11. The summed E-state index contributed by atoms with van der Waals surface area (Å²) >= 11 is 0. The Labute approximate surface area is 92.9 Å². The van der Waals surface area contributed by atoms with Gasteiger partial charge in [-0.25, -0.2) is 0 Å². The minimum atomic E-state index is -4.15. The number of hydrogen-bond acceptors (Lipinski definition) is 1. The third-order valence-electron chi connectivity index (χ3n) is 3.82. The SMILES string of the molecule is N#CC1(C2=C[C@H](C(F)(F)F)CCC2)CCC1. The third kappa shape index (κ3) is 1.83. The molecule has 0 spiro atoms. The molecule has 0 radical (unpaired) electrons. The van der Waals surface area contributed by atoms with Crippen LogP contribution in [0.15, 0.2) is 11.6 Å². The van der Waals surface area contributed by atoms with E-state index in [0.29, 0.717) is 12.8 Å². The second kappa shape index (κ2) is 3.80. The first kappa shape index (κ1) is 11.5. The molecule has 0 N–H and O–H groups in total. The number of allylic oxidation sites excluding steroid dienone is 2. The number of rotatable bonds is 1. The van der Waals surface area contributed by atoms with Crippen molar-refractivity contribution in [2.75, 3.05) is 0 Å². The molecule has 4 heteroatoms. The van der Waals surface area contributed by atoms with E-state index in [9.17, 15) is 13.2 Å². The van der Waals surface area contributed by atoms with Crippen molar-refractivity contribution in [3.8, 4) is 6.07 Å². The molecule has 16 heavy (non-hydrogen) atoms. The summed E-state index contributed by atoms with van der Waals surface area (Å²) < 4.78 is 37.8. The first-order chi connectivity index (χ1) is 7.48. The van der Waals surface area contributed by atoms with Crippen LogP contribution in [-0.4, -0.2) is 6.18 Å². The Balaban J connectivity index is 2.22. The summed E-state index contributed by atoms with van der Waals surface area (Å²) in [4.78, 5) is 0. The van der Waals surface area contributed by atoms with Crippen LogP contribution in [0, 0.1) is 22.7 Å². The fourth-order valence-corrected chi connectivity index (χ4v) is 2.61. The van der Waals surface area contributed by atoms with Crippen molar-refractivity contribution in [3.05, 3.63) is 11.6 Å². The molecule has 1 atom stereocenters. The lowest BCUT2D eigenvalue weighted by Gasteiger charge is -2.40. The molecule has 0 saturated heterocycles. The fourth-order valence-electron chi connectivity index (χ4n) is 2.61. The molecule has 0 unspecified atom stereocenters. The van der Waals surface area contributed by atoms with E-state index in [2.05, 4.69) is 6.07 Å². The van der Waals surface area contributed by atoms with Crippen molar-refractivity contribution in [1.29, 1.82) is 5.26 Å². The van der Waals surface area contributed by atoms with E-state index in [1.807, 2.05) is 0 Å². The van der Waals surface area contributed by atoms with Crippen molar-refractivity contribution >= 4 is 0 Å². The van der Waals surface area contributed by atoms with Gasteiger partial charge in [-0.3, -0.25) is 0 Å². The molecule has 0 aromatic carbocycles.